The van der Waals surface area contributed by atoms with Gasteiger partial charge in [0.25, 0.3) is 0 Å². The van der Waals surface area contributed by atoms with Gasteiger partial charge in [0.1, 0.15) is 11.8 Å². The van der Waals surface area contributed by atoms with Gasteiger partial charge in [0.15, 0.2) is 0 Å². The van der Waals surface area contributed by atoms with Crippen LogP contribution in [-0.4, -0.2) is 39.7 Å². The molecule has 1 aliphatic heterocycles. The van der Waals surface area contributed by atoms with Crippen molar-refractivity contribution in [2.45, 2.75) is 51.7 Å². The number of hydrogen-bond acceptors (Lipinski definition) is 7. The zero-order valence-electron chi connectivity index (χ0n) is 17.4. The van der Waals surface area contributed by atoms with E-state index in [0.717, 1.165) is 35.6 Å². The number of hydrogen-bond donors (Lipinski definition) is 1. The number of fused-ring (bicyclic) bond motifs is 1. The summed E-state index contributed by atoms with van der Waals surface area (Å²) in [6, 6.07) is 7.37. The minimum Gasteiger partial charge on any atom is -0.494 e. The number of allylic oxidation sites excluding steroid dienone is 1. The predicted octanol–water partition coefficient (Wildman–Crippen LogP) is 4.42. The van der Waals surface area contributed by atoms with E-state index in [1.807, 2.05) is 38.1 Å². The van der Waals surface area contributed by atoms with Crippen LogP contribution in [0.1, 0.15) is 52.1 Å². The Bertz CT molecular complexity index is 894. The van der Waals surface area contributed by atoms with Crippen LogP contribution in [0.3, 0.4) is 0 Å². The molecule has 29 heavy (non-hydrogen) atoms. The first-order valence-electron chi connectivity index (χ1n) is 10.1. The molecule has 8 heteroatoms. The summed E-state index contributed by atoms with van der Waals surface area (Å²) in [5.74, 6) is 1.92. The van der Waals surface area contributed by atoms with Crippen molar-refractivity contribution in [1.82, 2.24) is 14.8 Å². The number of nitrogens with zero attached hydrogens (tertiary/aromatic N) is 3. The fraction of sp³-hybridized carbons (Fsp3) is 0.476. The number of esters is 1. The summed E-state index contributed by atoms with van der Waals surface area (Å²) in [6.07, 6.45) is 1.69. The van der Waals surface area contributed by atoms with E-state index in [0.29, 0.717) is 29.9 Å². The molecule has 0 saturated carbocycles. The zero-order valence-corrected chi connectivity index (χ0v) is 18.2. The molecule has 2 heterocycles. The van der Waals surface area contributed by atoms with Gasteiger partial charge in [-0.2, -0.15) is 4.98 Å². The molecule has 2 aromatic rings. The molecule has 0 fully saturated rings. The van der Waals surface area contributed by atoms with Crippen LogP contribution in [0.15, 0.2) is 40.7 Å². The largest absolute Gasteiger partial charge is 0.494 e. The lowest BCUT2D eigenvalue weighted by Crippen LogP contribution is -2.29. The molecule has 3 rings (SSSR count). The summed E-state index contributed by atoms with van der Waals surface area (Å²) < 4.78 is 13.1. The molecule has 0 bridgehead atoms. The molecule has 0 saturated heterocycles. The molecular weight excluding hydrogens is 388 g/mol. The van der Waals surface area contributed by atoms with Crippen LogP contribution in [0.5, 0.6) is 5.75 Å². The highest BCUT2D eigenvalue weighted by atomic mass is 32.2. The molecule has 1 unspecified atom stereocenters. The molecule has 0 aliphatic carbocycles. The fourth-order valence-electron chi connectivity index (χ4n) is 3.16. The number of aromatic nitrogens is 3. The molecule has 0 amide bonds. The van der Waals surface area contributed by atoms with E-state index >= 15 is 0 Å². The van der Waals surface area contributed by atoms with Crippen molar-refractivity contribution in [3.05, 3.63) is 41.1 Å². The van der Waals surface area contributed by atoms with Gasteiger partial charge in [-0.25, -0.2) is 9.48 Å². The Morgan fingerprint density at radius 2 is 2.03 bits per heavy atom. The third kappa shape index (κ3) is 4.75. The Kier molecular flexibility index (Phi) is 7.19. The molecule has 1 aromatic heterocycles. The Hall–Kier alpha value is -2.48. The minimum absolute atomic E-state index is 0.340. The third-order valence-corrected chi connectivity index (χ3v) is 5.13. The quantitative estimate of drug-likeness (QED) is 0.479. The summed E-state index contributed by atoms with van der Waals surface area (Å²) in [6.45, 7) is 8.99. The number of benzene rings is 1. The van der Waals surface area contributed by atoms with Gasteiger partial charge in [-0.1, -0.05) is 44.7 Å². The van der Waals surface area contributed by atoms with Gasteiger partial charge in [-0.15, -0.1) is 5.10 Å². The van der Waals surface area contributed by atoms with Crippen molar-refractivity contribution in [2.75, 3.05) is 24.3 Å². The molecule has 1 atom stereocenters. The van der Waals surface area contributed by atoms with E-state index in [1.165, 1.54) is 0 Å². The molecule has 1 aromatic carbocycles. The molecule has 7 nitrogen and oxygen atoms in total. The monoisotopic (exact) mass is 416 g/mol. The van der Waals surface area contributed by atoms with Gasteiger partial charge in [0.05, 0.1) is 18.8 Å². The van der Waals surface area contributed by atoms with E-state index in [1.54, 1.807) is 16.4 Å². The fourth-order valence-corrected chi connectivity index (χ4v) is 3.72. The summed E-state index contributed by atoms with van der Waals surface area (Å²) in [7, 11) is 0. The van der Waals surface area contributed by atoms with Gasteiger partial charge in [-0.3, -0.25) is 0 Å². The molecule has 1 N–H and O–H groups in total. The molecular formula is C21H28N4O3S. The normalized spacial score (nSPS) is 15.7. The van der Waals surface area contributed by atoms with Crippen LogP contribution in [0.4, 0.5) is 5.95 Å². The number of rotatable bonds is 9. The minimum atomic E-state index is -0.431. The number of ether oxygens (including phenoxy) is 2. The van der Waals surface area contributed by atoms with Crippen molar-refractivity contribution < 1.29 is 14.3 Å². The zero-order chi connectivity index (χ0) is 20.8. The Morgan fingerprint density at radius 1 is 1.24 bits per heavy atom. The average molecular weight is 417 g/mol. The average Bonchev–Trinajstić information content (AvgIpc) is 3.11. The molecule has 0 radical (unpaired) electrons. The van der Waals surface area contributed by atoms with Gasteiger partial charge in [0, 0.05) is 5.70 Å². The van der Waals surface area contributed by atoms with Crippen LogP contribution < -0.4 is 10.1 Å². The van der Waals surface area contributed by atoms with Crippen LogP contribution in [0.25, 0.3) is 0 Å². The van der Waals surface area contributed by atoms with E-state index < -0.39 is 6.04 Å². The lowest BCUT2D eigenvalue weighted by Gasteiger charge is -2.28. The highest BCUT2D eigenvalue weighted by molar-refractivity contribution is 7.99. The maximum atomic E-state index is 12.9. The smallest absolute Gasteiger partial charge is 0.338 e. The second kappa shape index (κ2) is 9.82. The molecule has 0 spiro atoms. The summed E-state index contributed by atoms with van der Waals surface area (Å²) in [4.78, 5) is 17.5. The van der Waals surface area contributed by atoms with Gasteiger partial charge >= 0.3 is 5.97 Å². The molecule has 1 aliphatic rings. The summed E-state index contributed by atoms with van der Waals surface area (Å²) in [5, 5.41) is 8.55. The standard InChI is InChI=1S/C21H28N4O3S/c1-5-11-27-16-10-8-9-15(13-16)18-17(19(26)28-12-6-2)14(4)22-20-23-21(29-7-3)24-25(18)20/h8-10,13,18H,5-7,11-12H2,1-4H3,(H,22,23,24). The lowest BCUT2D eigenvalue weighted by molar-refractivity contribution is -0.139. The Balaban J connectivity index is 2.06. The highest BCUT2D eigenvalue weighted by Crippen LogP contribution is 2.37. The second-order valence-corrected chi connectivity index (χ2v) is 7.95. The number of carbonyl (C=O) groups excluding carboxylic acids is 1. The van der Waals surface area contributed by atoms with Crippen LogP contribution in [0.2, 0.25) is 0 Å². The van der Waals surface area contributed by atoms with Crippen LogP contribution in [0, 0.1) is 0 Å². The lowest BCUT2D eigenvalue weighted by atomic mass is 9.95. The first kappa shape index (κ1) is 21.2. The van der Waals surface area contributed by atoms with Crippen molar-refractivity contribution >= 4 is 23.7 Å². The second-order valence-electron chi connectivity index (χ2n) is 6.72. The predicted molar refractivity (Wildman–Crippen MR) is 114 cm³/mol. The van der Waals surface area contributed by atoms with E-state index in [9.17, 15) is 4.79 Å². The van der Waals surface area contributed by atoms with E-state index in [4.69, 9.17) is 9.47 Å². The van der Waals surface area contributed by atoms with Gasteiger partial charge < -0.3 is 14.8 Å². The highest BCUT2D eigenvalue weighted by Gasteiger charge is 2.35. The van der Waals surface area contributed by atoms with Gasteiger partial charge in [0.2, 0.25) is 11.1 Å². The van der Waals surface area contributed by atoms with Crippen molar-refractivity contribution in [1.29, 1.82) is 0 Å². The van der Waals surface area contributed by atoms with E-state index in [-0.39, 0.29) is 5.97 Å². The maximum absolute atomic E-state index is 12.9. The van der Waals surface area contributed by atoms with Gasteiger partial charge in [-0.05, 0) is 43.2 Å². The van der Waals surface area contributed by atoms with Crippen molar-refractivity contribution in [3.63, 3.8) is 0 Å². The Morgan fingerprint density at radius 3 is 2.76 bits per heavy atom. The van der Waals surface area contributed by atoms with Crippen LogP contribution >= 0.6 is 11.8 Å². The number of thioether (sulfide) groups is 1. The summed E-state index contributed by atoms with van der Waals surface area (Å²) >= 11 is 1.56. The Labute approximate surface area is 175 Å². The SMILES string of the molecule is CCCOC(=O)C1=C(C)Nc2nc(SCC)nn2C1c1cccc(OCCC)c1. The summed E-state index contributed by atoms with van der Waals surface area (Å²) in [5.41, 5.74) is 2.17. The number of carbonyl (C=O) groups is 1. The number of anilines is 1. The first-order chi connectivity index (χ1) is 14.1. The first-order valence-corrected chi connectivity index (χ1v) is 11.0. The third-order valence-electron chi connectivity index (χ3n) is 4.41. The topological polar surface area (TPSA) is 78.3 Å². The number of nitrogens with one attached hydrogen (secondary N) is 1. The van der Waals surface area contributed by atoms with Crippen LogP contribution in [-0.2, 0) is 9.53 Å². The molecule has 156 valence electrons. The maximum Gasteiger partial charge on any atom is 0.338 e. The van der Waals surface area contributed by atoms with Crippen molar-refractivity contribution in [2.24, 2.45) is 0 Å². The van der Waals surface area contributed by atoms with Crippen molar-refractivity contribution in [3.8, 4) is 5.75 Å². The van der Waals surface area contributed by atoms with E-state index in [2.05, 4.69) is 29.2 Å².